The molecule has 4 N–H and O–H groups in total. The fourth-order valence-corrected chi connectivity index (χ4v) is 4.71. The molecular weight excluding hydrogens is 382 g/mol. The Kier molecular flexibility index (Phi) is 5.72. The minimum absolute atomic E-state index is 0.604. The van der Waals surface area contributed by atoms with E-state index in [1.165, 1.54) is 15.8 Å². The molecule has 0 bridgehead atoms. The van der Waals surface area contributed by atoms with Gasteiger partial charge in [0.2, 0.25) is 0 Å². The Balaban J connectivity index is 1.93. The highest BCUT2D eigenvalue weighted by Crippen LogP contribution is 2.34. The summed E-state index contributed by atoms with van der Waals surface area (Å²) in [5.41, 5.74) is 11.9. The monoisotopic (exact) mass is 411 g/mol. The second-order valence-corrected chi connectivity index (χ2v) is 8.66. The van der Waals surface area contributed by atoms with E-state index in [1.807, 2.05) is 13.1 Å². The summed E-state index contributed by atoms with van der Waals surface area (Å²) in [5.74, 6) is 6.66. The summed E-state index contributed by atoms with van der Waals surface area (Å²) >= 11 is 1.76. The third-order valence-corrected chi connectivity index (χ3v) is 6.42. The Morgan fingerprint density at radius 3 is 2.69 bits per heavy atom. The minimum Gasteiger partial charge on any atom is -0.401 e. The summed E-state index contributed by atoms with van der Waals surface area (Å²) < 4.78 is 8.00. The largest absolute Gasteiger partial charge is 0.401 e. The van der Waals surface area contributed by atoms with Crippen molar-refractivity contribution in [1.82, 2.24) is 14.6 Å². The number of hydrogen-bond donors (Lipinski definition) is 2. The van der Waals surface area contributed by atoms with Gasteiger partial charge in [-0.2, -0.15) is 0 Å². The quantitative estimate of drug-likeness (QED) is 0.378. The predicted molar refractivity (Wildman–Crippen MR) is 121 cm³/mol. The van der Waals surface area contributed by atoms with Crippen molar-refractivity contribution in [3.63, 3.8) is 0 Å². The highest BCUT2D eigenvalue weighted by atomic mass is 32.2. The van der Waals surface area contributed by atoms with E-state index in [1.54, 1.807) is 23.8 Å². The summed E-state index contributed by atoms with van der Waals surface area (Å²) in [4.78, 5) is 6.10. The van der Waals surface area contributed by atoms with Gasteiger partial charge in [-0.1, -0.05) is 0 Å². The van der Waals surface area contributed by atoms with Crippen LogP contribution in [0.1, 0.15) is 25.3 Å². The average Bonchev–Trinajstić information content (AvgIpc) is 3.01. The normalized spacial score (nSPS) is 16.4. The van der Waals surface area contributed by atoms with Crippen LogP contribution in [0.2, 0.25) is 0 Å². The van der Waals surface area contributed by atoms with E-state index in [-0.39, 0.29) is 0 Å². The number of rotatable bonds is 5. The van der Waals surface area contributed by atoms with Crippen LogP contribution in [0.4, 0.5) is 0 Å². The first-order valence-electron chi connectivity index (χ1n) is 9.98. The van der Waals surface area contributed by atoms with E-state index >= 15 is 0 Å². The molecule has 0 spiro atoms. The first-order valence-corrected chi connectivity index (χ1v) is 11.2. The zero-order valence-electron chi connectivity index (χ0n) is 17.3. The molecule has 0 amide bonds. The molecule has 1 saturated heterocycles. The summed E-state index contributed by atoms with van der Waals surface area (Å²) in [7, 11) is 1.80. The minimum atomic E-state index is 0.604. The summed E-state index contributed by atoms with van der Waals surface area (Å²) in [6, 6.07) is 8.82. The number of thioether (sulfide) groups is 1. The number of nitrogens with zero attached hydrogens (tertiary/aromatic N) is 3. The Labute approximate surface area is 175 Å². The van der Waals surface area contributed by atoms with E-state index in [9.17, 15) is 0 Å². The molecule has 4 rings (SSSR count). The third kappa shape index (κ3) is 3.82. The third-order valence-electron chi connectivity index (χ3n) is 5.69. The van der Waals surface area contributed by atoms with Crippen LogP contribution in [-0.4, -0.2) is 41.1 Å². The Morgan fingerprint density at radius 1 is 1.28 bits per heavy atom. The molecule has 0 saturated carbocycles. The maximum Gasteiger partial charge on any atom is 0.0960 e. The zero-order valence-corrected chi connectivity index (χ0v) is 18.1. The maximum absolute atomic E-state index is 6.12. The number of ether oxygens (including phenoxy) is 1. The van der Waals surface area contributed by atoms with Crippen LogP contribution in [0.25, 0.3) is 27.6 Å². The van der Waals surface area contributed by atoms with Crippen LogP contribution in [0.15, 0.2) is 41.1 Å². The van der Waals surface area contributed by atoms with E-state index in [0.717, 1.165) is 54.9 Å². The number of benzene rings is 1. The van der Waals surface area contributed by atoms with Crippen molar-refractivity contribution >= 4 is 39.4 Å². The number of nitrogens with two attached hydrogens (primary N) is 2. The van der Waals surface area contributed by atoms with Crippen LogP contribution >= 0.6 is 11.8 Å². The van der Waals surface area contributed by atoms with E-state index in [2.05, 4.69) is 35.1 Å². The summed E-state index contributed by atoms with van der Waals surface area (Å²) in [6.45, 7) is 4.52. The van der Waals surface area contributed by atoms with E-state index in [0.29, 0.717) is 11.6 Å². The zero-order chi connectivity index (χ0) is 20.5. The Hall–Kier alpha value is -2.22. The van der Waals surface area contributed by atoms with Gasteiger partial charge >= 0.3 is 0 Å². The van der Waals surface area contributed by atoms with Gasteiger partial charge in [-0.05, 0) is 56.2 Å². The lowest BCUT2D eigenvalue weighted by Gasteiger charge is -2.23. The lowest BCUT2D eigenvalue weighted by Crippen LogP contribution is -2.26. The topological polar surface area (TPSA) is 82.3 Å². The lowest BCUT2D eigenvalue weighted by molar-refractivity contribution is 0.0619. The molecule has 7 heteroatoms. The molecule has 0 atom stereocenters. The molecule has 3 aromatic rings. The molecule has 1 aliphatic rings. The number of hydrazine groups is 1. The second kappa shape index (κ2) is 8.26. The molecule has 0 aliphatic carbocycles. The van der Waals surface area contributed by atoms with Gasteiger partial charge in [-0.15, -0.1) is 11.8 Å². The molecule has 1 aromatic carbocycles. The molecule has 3 heterocycles. The van der Waals surface area contributed by atoms with E-state index < -0.39 is 0 Å². The van der Waals surface area contributed by atoms with Crippen molar-refractivity contribution in [2.24, 2.45) is 17.5 Å². The molecule has 1 fully saturated rings. The van der Waals surface area contributed by atoms with Gasteiger partial charge < -0.3 is 20.0 Å². The van der Waals surface area contributed by atoms with Crippen molar-refractivity contribution < 1.29 is 4.74 Å². The summed E-state index contributed by atoms with van der Waals surface area (Å²) in [6.07, 6.45) is 6.17. The first-order chi connectivity index (χ1) is 14.0. The summed E-state index contributed by atoms with van der Waals surface area (Å²) in [5, 5.41) is 2.75. The van der Waals surface area contributed by atoms with Crippen LogP contribution in [0.3, 0.4) is 0 Å². The van der Waals surface area contributed by atoms with Gasteiger partial charge in [-0.25, -0.2) is 5.84 Å². The van der Waals surface area contributed by atoms with Crippen LogP contribution in [0, 0.1) is 5.92 Å². The van der Waals surface area contributed by atoms with Crippen molar-refractivity contribution in [3.05, 3.63) is 41.7 Å². The van der Waals surface area contributed by atoms with Crippen LogP contribution in [-0.2, 0) is 11.3 Å². The van der Waals surface area contributed by atoms with Crippen LogP contribution in [0.5, 0.6) is 0 Å². The second-order valence-electron chi connectivity index (χ2n) is 7.78. The molecule has 1 aliphatic heterocycles. The highest BCUT2D eigenvalue weighted by molar-refractivity contribution is 7.98. The van der Waals surface area contributed by atoms with Gasteiger partial charge in [0, 0.05) is 54.5 Å². The van der Waals surface area contributed by atoms with Gasteiger partial charge in [-0.3, -0.25) is 4.98 Å². The molecule has 0 unspecified atom stereocenters. The van der Waals surface area contributed by atoms with E-state index in [4.69, 9.17) is 21.3 Å². The maximum atomic E-state index is 6.12. The standard InChI is InChI=1S/C22H29N5OS/c1-14(23)22(26(2)24)16-10-20-21(25-12-16)18-5-4-17(29-3)11-19(18)27(20)13-15-6-8-28-9-7-15/h4-5,10-12,15H,6-9,13,23-24H2,1-3H3/b22-14-. The van der Waals surface area contributed by atoms with Gasteiger partial charge in [0.05, 0.1) is 22.2 Å². The lowest BCUT2D eigenvalue weighted by atomic mass is 10.0. The molecule has 6 nitrogen and oxygen atoms in total. The average molecular weight is 412 g/mol. The van der Waals surface area contributed by atoms with Crippen molar-refractivity contribution in [2.45, 2.75) is 31.2 Å². The Bertz CT molecular complexity index is 1060. The number of allylic oxidation sites excluding steroid dienone is 1. The molecular formula is C22H29N5OS. The molecule has 29 heavy (non-hydrogen) atoms. The van der Waals surface area contributed by atoms with Crippen molar-refractivity contribution in [1.29, 1.82) is 0 Å². The molecule has 154 valence electrons. The molecule has 2 aromatic heterocycles. The fourth-order valence-electron chi connectivity index (χ4n) is 4.28. The van der Waals surface area contributed by atoms with Gasteiger partial charge in [0.1, 0.15) is 0 Å². The fraction of sp³-hybridized carbons (Fsp3) is 0.409. The number of hydrogen-bond acceptors (Lipinski definition) is 6. The number of aromatic nitrogens is 2. The van der Waals surface area contributed by atoms with Crippen molar-refractivity contribution in [3.8, 4) is 0 Å². The SMILES string of the molecule is CSc1ccc2c3ncc(/C(=C(\C)N)N(C)N)cc3n(CC3CCOCC3)c2c1. The predicted octanol–water partition coefficient (Wildman–Crippen LogP) is 3.79. The first kappa shape index (κ1) is 20.1. The smallest absolute Gasteiger partial charge is 0.0960 e. The van der Waals surface area contributed by atoms with Crippen LogP contribution < -0.4 is 11.6 Å². The highest BCUT2D eigenvalue weighted by Gasteiger charge is 2.20. The van der Waals surface area contributed by atoms with Gasteiger partial charge in [0.15, 0.2) is 0 Å². The Morgan fingerprint density at radius 2 is 2.03 bits per heavy atom. The molecule has 0 radical (unpaired) electrons. The van der Waals surface area contributed by atoms with Gasteiger partial charge in [0.25, 0.3) is 0 Å². The van der Waals surface area contributed by atoms with Crippen molar-refractivity contribution in [2.75, 3.05) is 26.5 Å². The number of fused-ring (bicyclic) bond motifs is 3. The number of pyridine rings is 1.